The van der Waals surface area contributed by atoms with Gasteiger partial charge >= 0.3 is 5.97 Å². The maximum atomic E-state index is 13.1. The van der Waals surface area contributed by atoms with Crippen LogP contribution < -0.4 is 5.43 Å². The molecule has 0 spiro atoms. The molecule has 0 saturated heterocycles. The number of carboxylic acids is 1. The summed E-state index contributed by atoms with van der Waals surface area (Å²) < 4.78 is 6.07. The first-order valence-electron chi connectivity index (χ1n) is 8.70. The average Bonchev–Trinajstić information content (AvgIpc) is 3.52. The van der Waals surface area contributed by atoms with Gasteiger partial charge in [-0.15, -0.1) is 23.5 Å². The summed E-state index contributed by atoms with van der Waals surface area (Å²) in [6.07, 6.45) is 4.85. The summed E-state index contributed by atoms with van der Waals surface area (Å²) in [4.78, 5) is 26.5. The number of hydrogen-bond acceptors (Lipinski definition) is 5. The van der Waals surface area contributed by atoms with Gasteiger partial charge in [-0.3, -0.25) is 4.79 Å². The van der Waals surface area contributed by atoms with Crippen molar-refractivity contribution in [1.29, 1.82) is 0 Å². The number of carboxylic acid groups (broad SMARTS) is 1. The van der Waals surface area contributed by atoms with Gasteiger partial charge in [-0.25, -0.2) is 4.79 Å². The number of hydrogen-bond donors (Lipinski definition) is 1. The predicted molar refractivity (Wildman–Crippen MR) is 105 cm³/mol. The minimum Gasteiger partial charge on any atom is -0.478 e. The summed E-state index contributed by atoms with van der Waals surface area (Å²) in [5, 5.41) is 11.3. The summed E-state index contributed by atoms with van der Waals surface area (Å²) >= 11 is 3.61. The van der Waals surface area contributed by atoms with Crippen LogP contribution in [0.4, 0.5) is 0 Å². The quantitative estimate of drug-likeness (QED) is 0.613. The van der Waals surface area contributed by atoms with E-state index in [0.717, 1.165) is 9.79 Å². The molecular formula is C20H16O4S2. The van der Waals surface area contributed by atoms with Crippen molar-refractivity contribution < 1.29 is 14.3 Å². The fourth-order valence-corrected chi connectivity index (χ4v) is 5.32. The van der Waals surface area contributed by atoms with Crippen LogP contribution in [0.15, 0.2) is 49.3 Å². The highest BCUT2D eigenvalue weighted by atomic mass is 32.2. The van der Waals surface area contributed by atoms with Crippen LogP contribution in [0.2, 0.25) is 0 Å². The molecule has 1 N–H and O–H groups in total. The zero-order chi connectivity index (χ0) is 17.8. The molecule has 5 rings (SSSR count). The minimum atomic E-state index is -1.05. The molecular weight excluding hydrogens is 368 g/mol. The molecule has 3 aromatic rings. The first-order chi connectivity index (χ1) is 12.6. The molecule has 1 heterocycles. The molecule has 1 aromatic heterocycles. The Morgan fingerprint density at radius 3 is 2.42 bits per heavy atom. The van der Waals surface area contributed by atoms with E-state index in [-0.39, 0.29) is 11.0 Å². The molecule has 2 aliphatic carbocycles. The highest BCUT2D eigenvalue weighted by Crippen LogP contribution is 2.45. The molecule has 132 valence electrons. The number of aromatic carboxylic acids is 1. The van der Waals surface area contributed by atoms with Crippen LogP contribution in [0.3, 0.4) is 0 Å². The molecule has 0 atom stereocenters. The fraction of sp³-hybridized carbons (Fsp3) is 0.300. The molecule has 0 bridgehead atoms. The SMILES string of the molecule is O=C(O)c1ccc2oc3c(SC4CC4)cc(SC4CC4)cc3c(=O)c2c1. The zero-order valence-electron chi connectivity index (χ0n) is 13.9. The van der Waals surface area contributed by atoms with E-state index < -0.39 is 5.97 Å². The van der Waals surface area contributed by atoms with Gasteiger partial charge in [-0.2, -0.15) is 0 Å². The van der Waals surface area contributed by atoms with Gasteiger partial charge in [0.25, 0.3) is 0 Å². The fourth-order valence-electron chi connectivity index (χ4n) is 2.93. The van der Waals surface area contributed by atoms with Crippen molar-refractivity contribution in [2.45, 2.75) is 46.0 Å². The van der Waals surface area contributed by atoms with Gasteiger partial charge in [0.15, 0.2) is 5.58 Å². The normalized spacial score (nSPS) is 17.1. The molecule has 2 fully saturated rings. The third kappa shape index (κ3) is 3.01. The monoisotopic (exact) mass is 384 g/mol. The Labute approximate surface area is 158 Å². The van der Waals surface area contributed by atoms with Crippen LogP contribution in [0.25, 0.3) is 21.9 Å². The van der Waals surface area contributed by atoms with Crippen molar-refractivity contribution in [3.8, 4) is 0 Å². The summed E-state index contributed by atoms with van der Waals surface area (Å²) in [6, 6.07) is 8.53. The molecule has 4 nitrogen and oxygen atoms in total. The van der Waals surface area contributed by atoms with E-state index in [9.17, 15) is 14.7 Å². The van der Waals surface area contributed by atoms with E-state index in [1.807, 2.05) is 17.8 Å². The van der Waals surface area contributed by atoms with Crippen molar-refractivity contribution in [3.05, 3.63) is 46.1 Å². The first-order valence-corrected chi connectivity index (χ1v) is 10.5. The predicted octanol–water partition coefficient (Wildman–Crippen LogP) is 5.15. The Kier molecular flexibility index (Phi) is 3.79. The molecule has 0 aliphatic heterocycles. The van der Waals surface area contributed by atoms with Crippen LogP contribution in [-0.2, 0) is 0 Å². The van der Waals surface area contributed by atoms with Gasteiger partial charge in [0.05, 0.1) is 21.2 Å². The second-order valence-electron chi connectivity index (χ2n) is 6.88. The van der Waals surface area contributed by atoms with Crippen molar-refractivity contribution >= 4 is 51.4 Å². The summed E-state index contributed by atoms with van der Waals surface area (Å²) in [5.74, 6) is -1.05. The minimum absolute atomic E-state index is 0.0974. The van der Waals surface area contributed by atoms with Crippen molar-refractivity contribution in [2.75, 3.05) is 0 Å². The van der Waals surface area contributed by atoms with Crippen LogP contribution in [0, 0.1) is 0 Å². The van der Waals surface area contributed by atoms with Gasteiger partial charge in [-0.1, -0.05) is 0 Å². The van der Waals surface area contributed by atoms with Crippen LogP contribution in [-0.4, -0.2) is 21.6 Å². The Bertz CT molecular complexity index is 1110. The largest absolute Gasteiger partial charge is 0.478 e. The van der Waals surface area contributed by atoms with E-state index in [4.69, 9.17) is 4.42 Å². The summed E-state index contributed by atoms with van der Waals surface area (Å²) in [7, 11) is 0. The van der Waals surface area contributed by atoms with Crippen LogP contribution in [0.1, 0.15) is 36.0 Å². The van der Waals surface area contributed by atoms with E-state index in [1.165, 1.54) is 37.8 Å². The molecule has 0 amide bonds. The van der Waals surface area contributed by atoms with E-state index in [1.54, 1.807) is 17.8 Å². The molecule has 2 aromatic carbocycles. The number of benzene rings is 2. The van der Waals surface area contributed by atoms with Crippen molar-refractivity contribution in [2.24, 2.45) is 0 Å². The number of rotatable bonds is 5. The third-order valence-corrected chi connectivity index (χ3v) is 7.28. The average molecular weight is 384 g/mol. The smallest absolute Gasteiger partial charge is 0.335 e. The zero-order valence-corrected chi connectivity index (χ0v) is 15.5. The van der Waals surface area contributed by atoms with Gasteiger partial charge in [0, 0.05) is 15.4 Å². The highest BCUT2D eigenvalue weighted by Gasteiger charge is 2.27. The van der Waals surface area contributed by atoms with Gasteiger partial charge in [0.2, 0.25) is 5.43 Å². The van der Waals surface area contributed by atoms with Gasteiger partial charge in [-0.05, 0) is 56.0 Å². The van der Waals surface area contributed by atoms with Gasteiger partial charge < -0.3 is 9.52 Å². The Balaban J connectivity index is 1.75. The summed E-state index contributed by atoms with van der Waals surface area (Å²) in [6.45, 7) is 0. The van der Waals surface area contributed by atoms with E-state index in [0.29, 0.717) is 32.4 Å². The molecule has 6 heteroatoms. The Morgan fingerprint density at radius 2 is 1.73 bits per heavy atom. The highest BCUT2D eigenvalue weighted by molar-refractivity contribution is 8.01. The second kappa shape index (κ2) is 6.06. The first kappa shape index (κ1) is 16.3. The lowest BCUT2D eigenvalue weighted by Gasteiger charge is -2.10. The molecule has 26 heavy (non-hydrogen) atoms. The lowest BCUT2D eigenvalue weighted by atomic mass is 10.1. The topological polar surface area (TPSA) is 67.5 Å². The van der Waals surface area contributed by atoms with Crippen LogP contribution >= 0.6 is 23.5 Å². The molecule has 0 radical (unpaired) electrons. The lowest BCUT2D eigenvalue weighted by molar-refractivity contribution is 0.0697. The van der Waals surface area contributed by atoms with Crippen molar-refractivity contribution in [1.82, 2.24) is 0 Å². The third-order valence-electron chi connectivity index (χ3n) is 4.60. The van der Waals surface area contributed by atoms with Crippen LogP contribution in [0.5, 0.6) is 0 Å². The Hall–Kier alpha value is -1.92. The van der Waals surface area contributed by atoms with E-state index >= 15 is 0 Å². The number of fused-ring (bicyclic) bond motifs is 2. The number of carbonyl (C=O) groups is 1. The maximum absolute atomic E-state index is 13.1. The van der Waals surface area contributed by atoms with Crippen molar-refractivity contribution in [3.63, 3.8) is 0 Å². The molecule has 0 unspecified atom stereocenters. The number of thioether (sulfide) groups is 2. The molecule has 2 saturated carbocycles. The maximum Gasteiger partial charge on any atom is 0.335 e. The lowest BCUT2D eigenvalue weighted by Crippen LogP contribution is -2.05. The standard InChI is InChI=1S/C20H16O4S2/c21-18-14-7-10(20(22)23)1-6-16(14)24-19-15(18)8-13(25-11-2-3-11)9-17(19)26-12-4-5-12/h1,6-9,11-12H,2-5H2,(H,22,23). The Morgan fingerprint density at radius 1 is 1.00 bits per heavy atom. The summed E-state index contributed by atoms with van der Waals surface area (Å²) in [5.41, 5.74) is 1.01. The second-order valence-corrected chi connectivity index (χ2v) is 9.60. The van der Waals surface area contributed by atoms with Gasteiger partial charge in [0.1, 0.15) is 5.58 Å². The molecule has 2 aliphatic rings. The van der Waals surface area contributed by atoms with E-state index in [2.05, 4.69) is 6.07 Å².